The molecule has 0 saturated carbocycles. The molecule has 3 amide bonds. The summed E-state index contributed by atoms with van der Waals surface area (Å²) in [5.41, 5.74) is 2.77. The summed E-state index contributed by atoms with van der Waals surface area (Å²) >= 11 is 6.65. The zero-order valence-electron chi connectivity index (χ0n) is 28.4. The topological polar surface area (TPSA) is 150 Å². The number of aromatic amines is 1. The second-order valence-electron chi connectivity index (χ2n) is 12.7. The number of phenolic OH excluding ortho intramolecular Hbond substituents is 1. The quantitative estimate of drug-likeness (QED) is 0.228. The molecule has 0 fully saturated rings. The number of para-hydroxylation sites is 1. The summed E-state index contributed by atoms with van der Waals surface area (Å²) in [7, 11) is 2.84. The van der Waals surface area contributed by atoms with Gasteiger partial charge in [0.2, 0.25) is 17.7 Å². The van der Waals surface area contributed by atoms with Gasteiger partial charge in [0.15, 0.2) is 6.10 Å². The standard InChI is InChI=1S/C36H45ClN4O7/c1-19-16-20(2)23(5)48-36(46)31(47-7)30(24-12-14-25(42)15-13-24)40-34(44)29(18-27-26-10-8-9-11-28(26)39-32(27)37)41(6)35(45)22(4)38-33(43)21(3)17-19/h8-16,20-23,29-31,39,42H,17-18H2,1-7H3,(H,38,43)(H,40,44)/b19-16+/t20-,21+,22+,23-,29-,30+,31?/m1/s1. The third kappa shape index (κ3) is 8.38. The molecule has 0 bridgehead atoms. The number of phenols is 1. The number of nitrogens with one attached hydrogen (secondary N) is 3. The van der Waals surface area contributed by atoms with Crippen molar-refractivity contribution in [3.05, 3.63) is 76.5 Å². The number of likely N-dealkylation sites (N-methyl/N-ethyl adjacent to an activating group) is 1. The largest absolute Gasteiger partial charge is 0.508 e. The predicted octanol–water partition coefficient (Wildman–Crippen LogP) is 4.83. The SMILES string of the molecule is COC1C(=O)O[C@H](C)[C@H](C)/C=C(\C)C[C@H](C)C(=O)N[C@@H](C)C(=O)N(C)[C@H](Cc2c(Cl)[nH]c3ccccc23)C(=O)N[C@H]1c1ccc(O)cc1. The van der Waals surface area contributed by atoms with Crippen LogP contribution in [0.15, 0.2) is 60.2 Å². The number of cyclic esters (lactones) is 1. The molecule has 1 aliphatic heterocycles. The van der Waals surface area contributed by atoms with Gasteiger partial charge in [-0.1, -0.05) is 67.4 Å². The molecular formula is C36H45ClN4O7. The summed E-state index contributed by atoms with van der Waals surface area (Å²) < 4.78 is 11.6. The minimum absolute atomic E-state index is 0.00560. The Morgan fingerprint density at radius 1 is 0.979 bits per heavy atom. The lowest BCUT2D eigenvalue weighted by Crippen LogP contribution is -2.56. The Kier molecular flexibility index (Phi) is 11.9. The summed E-state index contributed by atoms with van der Waals surface area (Å²) in [6.07, 6.45) is 0.547. The molecule has 7 atom stereocenters. The fourth-order valence-corrected chi connectivity index (χ4v) is 6.34. The zero-order chi connectivity index (χ0) is 35.3. The van der Waals surface area contributed by atoms with Crippen LogP contribution in [0.5, 0.6) is 5.75 Å². The van der Waals surface area contributed by atoms with Gasteiger partial charge in [-0.25, -0.2) is 4.79 Å². The number of nitrogens with zero attached hydrogens (tertiary/aromatic N) is 1. The van der Waals surface area contributed by atoms with Crippen LogP contribution in [0.4, 0.5) is 0 Å². The number of amides is 3. The predicted molar refractivity (Wildman–Crippen MR) is 183 cm³/mol. The number of benzene rings is 2. The first-order valence-corrected chi connectivity index (χ1v) is 16.4. The van der Waals surface area contributed by atoms with Crippen molar-refractivity contribution in [1.29, 1.82) is 0 Å². The van der Waals surface area contributed by atoms with Crippen LogP contribution < -0.4 is 10.6 Å². The van der Waals surface area contributed by atoms with Gasteiger partial charge in [0.1, 0.15) is 29.1 Å². The third-order valence-corrected chi connectivity index (χ3v) is 9.33. The maximum absolute atomic E-state index is 14.4. The number of carbonyl (C=O) groups excluding carboxylic acids is 4. The summed E-state index contributed by atoms with van der Waals surface area (Å²) in [5, 5.41) is 16.8. The van der Waals surface area contributed by atoms with Crippen molar-refractivity contribution in [2.75, 3.05) is 14.2 Å². The molecular weight excluding hydrogens is 636 g/mol. The lowest BCUT2D eigenvalue weighted by molar-refractivity contribution is -0.164. The highest BCUT2D eigenvalue weighted by atomic mass is 35.5. The Labute approximate surface area is 286 Å². The van der Waals surface area contributed by atoms with Crippen LogP contribution in [-0.4, -0.2) is 77.1 Å². The number of aromatic nitrogens is 1. The lowest BCUT2D eigenvalue weighted by atomic mass is 9.95. The van der Waals surface area contributed by atoms with Crippen molar-refractivity contribution in [2.24, 2.45) is 11.8 Å². The second kappa shape index (κ2) is 15.7. The Bertz CT molecular complexity index is 1670. The molecule has 1 aromatic heterocycles. The van der Waals surface area contributed by atoms with E-state index < -0.39 is 54.0 Å². The van der Waals surface area contributed by atoms with Gasteiger partial charge >= 0.3 is 5.97 Å². The van der Waals surface area contributed by atoms with Gasteiger partial charge in [-0.15, -0.1) is 0 Å². The second-order valence-corrected chi connectivity index (χ2v) is 13.1. The number of allylic oxidation sites excluding steroid dienone is 1. The molecule has 1 aliphatic rings. The van der Waals surface area contributed by atoms with Crippen LogP contribution in [0.2, 0.25) is 5.15 Å². The van der Waals surface area contributed by atoms with E-state index in [0.717, 1.165) is 16.5 Å². The number of hydrogen-bond donors (Lipinski definition) is 4. The summed E-state index contributed by atoms with van der Waals surface area (Å²) in [6.45, 7) is 8.94. The Balaban J connectivity index is 1.82. The number of halogens is 1. The molecule has 48 heavy (non-hydrogen) atoms. The highest BCUT2D eigenvalue weighted by molar-refractivity contribution is 6.31. The Hall–Kier alpha value is -4.35. The van der Waals surface area contributed by atoms with E-state index in [1.54, 1.807) is 32.9 Å². The zero-order valence-corrected chi connectivity index (χ0v) is 29.1. The van der Waals surface area contributed by atoms with Crippen LogP contribution in [0, 0.1) is 11.8 Å². The van der Waals surface area contributed by atoms with Gasteiger partial charge in [-0.2, -0.15) is 0 Å². The normalized spacial score (nSPS) is 28.1. The average Bonchev–Trinajstić information content (AvgIpc) is 3.36. The minimum Gasteiger partial charge on any atom is -0.508 e. The van der Waals surface area contributed by atoms with E-state index in [-0.39, 0.29) is 24.0 Å². The molecule has 0 aliphatic carbocycles. The maximum Gasteiger partial charge on any atom is 0.338 e. The van der Waals surface area contributed by atoms with E-state index in [1.807, 2.05) is 44.2 Å². The van der Waals surface area contributed by atoms with Crippen molar-refractivity contribution < 1.29 is 33.8 Å². The number of hydrogen-bond acceptors (Lipinski definition) is 7. The molecule has 2 aromatic carbocycles. The molecule has 2 heterocycles. The number of ether oxygens (including phenoxy) is 2. The van der Waals surface area contributed by atoms with Gasteiger partial charge in [-0.05, 0) is 56.5 Å². The van der Waals surface area contributed by atoms with Crippen LogP contribution in [0.1, 0.15) is 58.2 Å². The fourth-order valence-electron chi connectivity index (χ4n) is 6.06. The summed E-state index contributed by atoms with van der Waals surface area (Å²) in [5.74, 6) is -2.76. The summed E-state index contributed by atoms with van der Waals surface area (Å²) in [6, 6.07) is 10.3. The van der Waals surface area contributed by atoms with Crippen LogP contribution in [0.3, 0.4) is 0 Å². The Morgan fingerprint density at radius 3 is 2.31 bits per heavy atom. The molecule has 4 N–H and O–H groups in total. The molecule has 0 spiro atoms. The number of methoxy groups -OCH3 is 1. The van der Waals surface area contributed by atoms with Crippen molar-refractivity contribution in [3.8, 4) is 5.75 Å². The van der Waals surface area contributed by atoms with E-state index in [9.17, 15) is 24.3 Å². The number of aromatic hydroxyl groups is 1. The van der Waals surface area contributed by atoms with Gasteiger partial charge < -0.3 is 35.1 Å². The molecule has 0 radical (unpaired) electrons. The fraction of sp³-hybridized carbons (Fsp3) is 0.444. The Morgan fingerprint density at radius 2 is 1.65 bits per heavy atom. The minimum atomic E-state index is -1.28. The van der Waals surface area contributed by atoms with Crippen LogP contribution >= 0.6 is 11.6 Å². The van der Waals surface area contributed by atoms with E-state index in [1.165, 1.54) is 31.2 Å². The number of H-pyrrole nitrogens is 1. The van der Waals surface area contributed by atoms with E-state index >= 15 is 0 Å². The molecule has 1 unspecified atom stereocenters. The van der Waals surface area contributed by atoms with Crippen molar-refractivity contribution >= 4 is 46.2 Å². The summed E-state index contributed by atoms with van der Waals surface area (Å²) in [4.78, 5) is 59.6. The maximum atomic E-state index is 14.4. The van der Waals surface area contributed by atoms with E-state index in [2.05, 4.69) is 15.6 Å². The molecule has 258 valence electrons. The molecule has 3 aromatic rings. The van der Waals surface area contributed by atoms with Crippen LogP contribution in [-0.2, 0) is 35.1 Å². The van der Waals surface area contributed by atoms with Gasteiger partial charge in [0.25, 0.3) is 0 Å². The molecule has 4 rings (SSSR count). The highest BCUT2D eigenvalue weighted by Crippen LogP contribution is 2.30. The smallest absolute Gasteiger partial charge is 0.338 e. The van der Waals surface area contributed by atoms with E-state index in [4.69, 9.17) is 21.1 Å². The highest BCUT2D eigenvalue weighted by Gasteiger charge is 2.38. The number of fused-ring (bicyclic) bond motifs is 1. The first kappa shape index (κ1) is 36.5. The average molecular weight is 681 g/mol. The van der Waals surface area contributed by atoms with Crippen LogP contribution in [0.25, 0.3) is 10.9 Å². The van der Waals surface area contributed by atoms with Crippen molar-refractivity contribution in [1.82, 2.24) is 20.5 Å². The molecule has 12 heteroatoms. The number of esters is 1. The molecule has 11 nitrogen and oxygen atoms in total. The van der Waals surface area contributed by atoms with Gasteiger partial charge in [-0.3, -0.25) is 14.4 Å². The number of carbonyl (C=O) groups is 4. The van der Waals surface area contributed by atoms with E-state index in [0.29, 0.717) is 22.7 Å². The van der Waals surface area contributed by atoms with Crippen molar-refractivity contribution in [2.45, 2.75) is 77.8 Å². The van der Waals surface area contributed by atoms with Gasteiger partial charge in [0, 0.05) is 43.3 Å². The first-order valence-electron chi connectivity index (χ1n) is 16.0. The van der Waals surface area contributed by atoms with Gasteiger partial charge in [0.05, 0.1) is 6.04 Å². The van der Waals surface area contributed by atoms with Crippen molar-refractivity contribution in [3.63, 3.8) is 0 Å². The monoisotopic (exact) mass is 680 g/mol. The molecule has 0 saturated heterocycles. The first-order chi connectivity index (χ1) is 22.7. The lowest BCUT2D eigenvalue weighted by Gasteiger charge is -2.33. The number of rotatable bonds is 4. The third-order valence-electron chi connectivity index (χ3n) is 9.01.